The number of aromatic nitrogens is 2. The van der Waals surface area contributed by atoms with Crippen molar-refractivity contribution in [2.24, 2.45) is 0 Å². The first-order valence-corrected chi connectivity index (χ1v) is 7.74. The number of hydrogen-bond donors (Lipinski definition) is 1. The van der Waals surface area contributed by atoms with Gasteiger partial charge in [-0.25, -0.2) is 4.98 Å². The predicted molar refractivity (Wildman–Crippen MR) is 76.3 cm³/mol. The molecular formula is C15H25N3O. The Hall–Kier alpha value is -1.03. The average molecular weight is 263 g/mol. The Kier molecular flexibility index (Phi) is 3.78. The second kappa shape index (κ2) is 5.53. The Bertz CT molecular complexity index is 431. The summed E-state index contributed by atoms with van der Waals surface area (Å²) < 4.78 is 7.74. The highest BCUT2D eigenvalue weighted by molar-refractivity contribution is 5.42. The molecule has 1 aliphatic carbocycles. The number of ether oxygens (including phenoxy) is 1. The Balaban J connectivity index is 1.86. The van der Waals surface area contributed by atoms with Gasteiger partial charge >= 0.3 is 0 Å². The number of unbranched alkanes of at least 4 members (excludes halogenated alkanes) is 1. The van der Waals surface area contributed by atoms with Crippen LogP contribution in [0.3, 0.4) is 0 Å². The van der Waals surface area contributed by atoms with E-state index >= 15 is 0 Å². The summed E-state index contributed by atoms with van der Waals surface area (Å²) in [7, 11) is 0. The molecule has 3 rings (SSSR count). The van der Waals surface area contributed by atoms with E-state index in [0.29, 0.717) is 11.8 Å². The molecule has 4 nitrogen and oxygen atoms in total. The topological polar surface area (TPSA) is 53.1 Å². The minimum atomic E-state index is 0.508. The highest BCUT2D eigenvalue weighted by atomic mass is 16.5. The number of nitrogen functional groups attached to an aromatic ring is 1. The second-order valence-electron chi connectivity index (χ2n) is 5.91. The highest BCUT2D eigenvalue weighted by Crippen LogP contribution is 2.42. The average Bonchev–Trinajstić information content (AvgIpc) is 3.23. The summed E-state index contributed by atoms with van der Waals surface area (Å²) in [6.45, 7) is 4.96. The first-order chi connectivity index (χ1) is 9.31. The molecule has 1 saturated heterocycles. The third-order valence-electron chi connectivity index (χ3n) is 4.35. The lowest BCUT2D eigenvalue weighted by Crippen LogP contribution is -2.16. The van der Waals surface area contributed by atoms with E-state index in [4.69, 9.17) is 15.5 Å². The molecular weight excluding hydrogens is 238 g/mol. The largest absolute Gasteiger partial charge is 0.384 e. The van der Waals surface area contributed by atoms with E-state index in [9.17, 15) is 0 Å². The molecule has 0 amide bonds. The molecule has 1 aromatic heterocycles. The van der Waals surface area contributed by atoms with E-state index in [1.807, 2.05) is 0 Å². The van der Waals surface area contributed by atoms with Crippen LogP contribution in [0.5, 0.6) is 0 Å². The standard InChI is InChI=1S/C15H25N3O/c1-2-3-8-18-14(16)13(11-6-9-19-10-7-11)17-15(18)12-4-5-12/h11-12H,2-10,16H2,1H3. The van der Waals surface area contributed by atoms with Gasteiger partial charge in [0.1, 0.15) is 11.6 Å². The maximum Gasteiger partial charge on any atom is 0.127 e. The van der Waals surface area contributed by atoms with Crippen LogP contribution in [-0.4, -0.2) is 22.8 Å². The van der Waals surface area contributed by atoms with Crippen molar-refractivity contribution < 1.29 is 4.74 Å². The summed E-state index contributed by atoms with van der Waals surface area (Å²) in [6.07, 6.45) is 7.10. The molecule has 2 heterocycles. The molecule has 1 aliphatic heterocycles. The van der Waals surface area contributed by atoms with Crippen LogP contribution >= 0.6 is 0 Å². The molecule has 0 bridgehead atoms. The molecule has 2 aliphatic rings. The van der Waals surface area contributed by atoms with Gasteiger partial charge in [0, 0.05) is 31.6 Å². The normalized spacial score (nSPS) is 20.9. The van der Waals surface area contributed by atoms with Crippen LogP contribution in [0.2, 0.25) is 0 Å². The first kappa shape index (κ1) is 13.0. The third-order valence-corrected chi connectivity index (χ3v) is 4.35. The molecule has 2 fully saturated rings. The summed E-state index contributed by atoms with van der Waals surface area (Å²) in [5, 5.41) is 0. The predicted octanol–water partition coefficient (Wildman–Crippen LogP) is 3.04. The van der Waals surface area contributed by atoms with Crippen LogP contribution < -0.4 is 5.73 Å². The van der Waals surface area contributed by atoms with Gasteiger partial charge in [0.15, 0.2) is 0 Å². The number of rotatable bonds is 5. The summed E-state index contributed by atoms with van der Waals surface area (Å²) >= 11 is 0. The van der Waals surface area contributed by atoms with Crippen LogP contribution in [0.15, 0.2) is 0 Å². The van der Waals surface area contributed by atoms with Crippen molar-refractivity contribution in [2.45, 2.75) is 63.8 Å². The van der Waals surface area contributed by atoms with Crippen molar-refractivity contribution in [3.05, 3.63) is 11.5 Å². The molecule has 0 spiro atoms. The van der Waals surface area contributed by atoms with Crippen LogP contribution in [0.1, 0.15) is 68.8 Å². The van der Waals surface area contributed by atoms with E-state index in [2.05, 4.69) is 11.5 Å². The van der Waals surface area contributed by atoms with Crippen molar-refractivity contribution in [1.29, 1.82) is 0 Å². The second-order valence-corrected chi connectivity index (χ2v) is 5.91. The maximum atomic E-state index is 6.40. The monoisotopic (exact) mass is 263 g/mol. The van der Waals surface area contributed by atoms with Crippen LogP contribution in [0, 0.1) is 0 Å². The van der Waals surface area contributed by atoms with Gasteiger partial charge < -0.3 is 15.0 Å². The number of nitrogens with two attached hydrogens (primary N) is 1. The lowest BCUT2D eigenvalue weighted by molar-refractivity contribution is 0.0847. The fourth-order valence-corrected chi connectivity index (χ4v) is 2.98. The number of imidazole rings is 1. The number of nitrogens with zero attached hydrogens (tertiary/aromatic N) is 2. The Labute approximate surface area is 115 Å². The van der Waals surface area contributed by atoms with Crippen molar-refractivity contribution in [3.63, 3.8) is 0 Å². The molecule has 0 unspecified atom stereocenters. The first-order valence-electron chi connectivity index (χ1n) is 7.74. The molecule has 19 heavy (non-hydrogen) atoms. The van der Waals surface area contributed by atoms with Gasteiger partial charge in [0.05, 0.1) is 5.69 Å². The lowest BCUT2D eigenvalue weighted by Gasteiger charge is -2.21. The minimum Gasteiger partial charge on any atom is -0.384 e. The van der Waals surface area contributed by atoms with E-state index < -0.39 is 0 Å². The molecule has 1 aromatic rings. The zero-order valence-corrected chi connectivity index (χ0v) is 11.9. The molecule has 2 N–H and O–H groups in total. The summed E-state index contributed by atoms with van der Waals surface area (Å²) in [6, 6.07) is 0. The lowest BCUT2D eigenvalue weighted by atomic mass is 9.96. The third kappa shape index (κ3) is 2.64. The van der Waals surface area contributed by atoms with Gasteiger partial charge in [-0.15, -0.1) is 0 Å². The Morgan fingerprint density at radius 3 is 2.58 bits per heavy atom. The van der Waals surface area contributed by atoms with Crippen LogP contribution in [-0.2, 0) is 11.3 Å². The SMILES string of the molecule is CCCCn1c(C2CC2)nc(C2CCOCC2)c1N. The smallest absolute Gasteiger partial charge is 0.127 e. The zero-order chi connectivity index (χ0) is 13.2. The van der Waals surface area contributed by atoms with Gasteiger partial charge in [0.2, 0.25) is 0 Å². The molecule has 0 atom stereocenters. The number of hydrogen-bond acceptors (Lipinski definition) is 3. The summed E-state index contributed by atoms with van der Waals surface area (Å²) in [4.78, 5) is 4.93. The minimum absolute atomic E-state index is 0.508. The van der Waals surface area contributed by atoms with Gasteiger partial charge in [-0.3, -0.25) is 0 Å². The fraction of sp³-hybridized carbons (Fsp3) is 0.800. The van der Waals surface area contributed by atoms with E-state index in [0.717, 1.165) is 44.1 Å². The molecule has 0 radical (unpaired) electrons. The van der Waals surface area contributed by atoms with Gasteiger partial charge in [-0.05, 0) is 32.1 Å². The zero-order valence-electron chi connectivity index (χ0n) is 11.9. The van der Waals surface area contributed by atoms with Gasteiger partial charge in [0.25, 0.3) is 0 Å². The molecule has 0 aromatic carbocycles. The van der Waals surface area contributed by atoms with Gasteiger partial charge in [-0.2, -0.15) is 0 Å². The van der Waals surface area contributed by atoms with Crippen molar-refractivity contribution in [1.82, 2.24) is 9.55 Å². The van der Waals surface area contributed by atoms with E-state index in [1.54, 1.807) is 0 Å². The van der Waals surface area contributed by atoms with Crippen LogP contribution in [0.25, 0.3) is 0 Å². The summed E-state index contributed by atoms with van der Waals surface area (Å²) in [5.41, 5.74) is 7.55. The number of anilines is 1. The van der Waals surface area contributed by atoms with Crippen molar-refractivity contribution >= 4 is 5.82 Å². The van der Waals surface area contributed by atoms with Gasteiger partial charge in [-0.1, -0.05) is 13.3 Å². The highest BCUT2D eigenvalue weighted by Gasteiger charge is 2.32. The van der Waals surface area contributed by atoms with E-state index in [-0.39, 0.29) is 0 Å². The Morgan fingerprint density at radius 1 is 1.21 bits per heavy atom. The molecule has 4 heteroatoms. The summed E-state index contributed by atoms with van der Waals surface area (Å²) in [5.74, 6) is 3.37. The van der Waals surface area contributed by atoms with E-state index in [1.165, 1.54) is 31.5 Å². The fourth-order valence-electron chi connectivity index (χ4n) is 2.98. The quantitative estimate of drug-likeness (QED) is 0.888. The van der Waals surface area contributed by atoms with Crippen molar-refractivity contribution in [3.8, 4) is 0 Å². The molecule has 1 saturated carbocycles. The maximum absolute atomic E-state index is 6.40. The van der Waals surface area contributed by atoms with Crippen LogP contribution in [0.4, 0.5) is 5.82 Å². The Morgan fingerprint density at radius 2 is 1.95 bits per heavy atom. The molecule has 106 valence electrons. The van der Waals surface area contributed by atoms with Crippen molar-refractivity contribution in [2.75, 3.05) is 18.9 Å².